The maximum atomic E-state index is 13.1. The van der Waals surface area contributed by atoms with Crippen molar-refractivity contribution in [2.24, 2.45) is 0 Å². The molecule has 2 aliphatic rings. The molecular formula is C16H22FN3O3S. The fraction of sp³-hybridized carbons (Fsp3) is 0.562. The van der Waals surface area contributed by atoms with Crippen LogP contribution in [0.4, 0.5) is 10.1 Å². The highest BCUT2D eigenvalue weighted by molar-refractivity contribution is 7.93. The molecule has 2 N–H and O–H groups in total. The van der Waals surface area contributed by atoms with Crippen LogP contribution in [0.3, 0.4) is 0 Å². The second-order valence-electron chi connectivity index (χ2n) is 6.39. The quantitative estimate of drug-likeness (QED) is 0.843. The number of nitrogens with zero attached hydrogens (tertiary/aromatic N) is 1. The Labute approximate surface area is 141 Å². The Bertz CT molecular complexity index is 738. The van der Waals surface area contributed by atoms with E-state index >= 15 is 0 Å². The molecule has 0 spiro atoms. The third kappa shape index (κ3) is 3.54. The van der Waals surface area contributed by atoms with E-state index in [1.165, 1.54) is 4.31 Å². The van der Waals surface area contributed by atoms with Crippen LogP contribution in [-0.4, -0.2) is 51.9 Å². The molecule has 2 atom stereocenters. The van der Waals surface area contributed by atoms with E-state index < -0.39 is 16.2 Å². The van der Waals surface area contributed by atoms with Gasteiger partial charge >= 0.3 is 0 Å². The van der Waals surface area contributed by atoms with Gasteiger partial charge in [-0.3, -0.25) is 9.10 Å². The monoisotopic (exact) mass is 355 g/mol. The van der Waals surface area contributed by atoms with Crippen molar-refractivity contribution in [3.05, 3.63) is 29.3 Å². The summed E-state index contributed by atoms with van der Waals surface area (Å²) in [6.45, 7) is 2.97. The van der Waals surface area contributed by atoms with Gasteiger partial charge in [-0.1, -0.05) is 0 Å². The molecule has 1 amide bonds. The summed E-state index contributed by atoms with van der Waals surface area (Å²) in [5, 5.41) is 5.83. The molecule has 6 nitrogen and oxygen atoms in total. The van der Waals surface area contributed by atoms with E-state index in [4.69, 9.17) is 0 Å². The molecule has 1 aromatic rings. The SMILES string of the molecule is Cc1cc(N2CCCS2(=O)=O)ccc1C(=O)NC[C@@H]1C[C@H](F)CN1. The molecule has 0 bridgehead atoms. The number of hydrogen-bond donors (Lipinski definition) is 2. The number of amides is 1. The molecule has 8 heteroatoms. The Morgan fingerprint density at radius 1 is 1.46 bits per heavy atom. The molecule has 132 valence electrons. The lowest BCUT2D eigenvalue weighted by Gasteiger charge is -2.18. The lowest BCUT2D eigenvalue weighted by Crippen LogP contribution is -2.37. The van der Waals surface area contributed by atoms with Gasteiger partial charge in [0.1, 0.15) is 6.17 Å². The number of hydrogen-bond acceptors (Lipinski definition) is 4. The summed E-state index contributed by atoms with van der Waals surface area (Å²) >= 11 is 0. The third-order valence-electron chi connectivity index (χ3n) is 4.52. The fourth-order valence-corrected chi connectivity index (χ4v) is 4.78. The van der Waals surface area contributed by atoms with Crippen LogP contribution >= 0.6 is 0 Å². The van der Waals surface area contributed by atoms with E-state index in [0.717, 1.165) is 5.56 Å². The lowest BCUT2D eigenvalue weighted by atomic mass is 10.1. The van der Waals surface area contributed by atoms with Crippen molar-refractivity contribution in [3.8, 4) is 0 Å². The second-order valence-corrected chi connectivity index (χ2v) is 8.40. The maximum Gasteiger partial charge on any atom is 0.251 e. The van der Waals surface area contributed by atoms with Crippen LogP contribution in [-0.2, 0) is 10.0 Å². The topological polar surface area (TPSA) is 78.5 Å². The molecule has 0 radical (unpaired) electrons. The van der Waals surface area contributed by atoms with Crippen molar-refractivity contribution in [2.45, 2.75) is 32.0 Å². The highest BCUT2D eigenvalue weighted by Gasteiger charge is 2.29. The smallest absolute Gasteiger partial charge is 0.251 e. The predicted molar refractivity (Wildman–Crippen MR) is 90.6 cm³/mol. The molecule has 2 aliphatic heterocycles. The molecule has 0 aromatic heterocycles. The van der Waals surface area contributed by atoms with Gasteiger partial charge in [0.2, 0.25) is 10.0 Å². The first-order chi connectivity index (χ1) is 11.4. The van der Waals surface area contributed by atoms with Gasteiger partial charge in [0, 0.05) is 31.2 Å². The zero-order valence-electron chi connectivity index (χ0n) is 13.6. The summed E-state index contributed by atoms with van der Waals surface area (Å²) in [7, 11) is -3.23. The van der Waals surface area contributed by atoms with Gasteiger partial charge in [-0.2, -0.15) is 0 Å². The van der Waals surface area contributed by atoms with Gasteiger partial charge in [0.15, 0.2) is 0 Å². The second kappa shape index (κ2) is 6.68. The Morgan fingerprint density at radius 2 is 2.25 bits per heavy atom. The molecule has 0 saturated carbocycles. The van der Waals surface area contributed by atoms with Crippen LogP contribution in [0.15, 0.2) is 18.2 Å². The molecule has 2 saturated heterocycles. The van der Waals surface area contributed by atoms with E-state index in [1.54, 1.807) is 25.1 Å². The molecule has 2 heterocycles. The van der Waals surface area contributed by atoms with Gasteiger partial charge in [-0.25, -0.2) is 12.8 Å². The minimum atomic E-state index is -3.23. The molecule has 3 rings (SSSR count). The number of rotatable bonds is 4. The van der Waals surface area contributed by atoms with Crippen molar-refractivity contribution in [2.75, 3.05) is 29.7 Å². The standard InChI is InChI=1S/C16H22FN3O3S/c1-11-7-14(20-5-2-6-24(20,22)23)3-4-15(11)16(21)19-10-13-8-12(17)9-18-13/h3-4,7,12-13,18H,2,5-6,8-10H2,1H3,(H,19,21)/t12-,13-/m0/s1. The van der Waals surface area contributed by atoms with Gasteiger partial charge in [0.25, 0.3) is 5.91 Å². The number of benzene rings is 1. The normalized spacial score (nSPS) is 25.8. The minimum Gasteiger partial charge on any atom is -0.350 e. The molecule has 24 heavy (non-hydrogen) atoms. The van der Waals surface area contributed by atoms with Gasteiger partial charge in [-0.15, -0.1) is 0 Å². The number of sulfonamides is 1. The van der Waals surface area contributed by atoms with E-state index in [1.807, 2.05) is 0 Å². The lowest BCUT2D eigenvalue weighted by molar-refractivity contribution is 0.0949. The summed E-state index contributed by atoms with van der Waals surface area (Å²) < 4.78 is 38.5. The summed E-state index contributed by atoms with van der Waals surface area (Å²) in [6.07, 6.45) is 0.175. The van der Waals surface area contributed by atoms with Crippen molar-refractivity contribution >= 4 is 21.6 Å². The van der Waals surface area contributed by atoms with Crippen molar-refractivity contribution in [3.63, 3.8) is 0 Å². The van der Waals surface area contributed by atoms with E-state index in [2.05, 4.69) is 10.6 Å². The summed E-state index contributed by atoms with van der Waals surface area (Å²) in [6, 6.07) is 4.99. The summed E-state index contributed by atoms with van der Waals surface area (Å²) in [4.78, 5) is 12.3. The van der Waals surface area contributed by atoms with E-state index in [-0.39, 0.29) is 17.7 Å². The van der Waals surface area contributed by atoms with Crippen LogP contribution in [0.25, 0.3) is 0 Å². The zero-order chi connectivity index (χ0) is 17.3. The van der Waals surface area contributed by atoms with Crippen molar-refractivity contribution in [1.29, 1.82) is 0 Å². The average molecular weight is 355 g/mol. The molecule has 0 unspecified atom stereocenters. The first kappa shape index (κ1) is 17.2. The van der Waals surface area contributed by atoms with E-state index in [9.17, 15) is 17.6 Å². The molecule has 1 aromatic carbocycles. The summed E-state index contributed by atoms with van der Waals surface area (Å²) in [5.41, 5.74) is 1.82. The number of carbonyl (C=O) groups is 1. The van der Waals surface area contributed by atoms with Gasteiger partial charge < -0.3 is 10.6 Å². The summed E-state index contributed by atoms with van der Waals surface area (Å²) in [5.74, 6) is -0.0643. The molecule has 2 fully saturated rings. The zero-order valence-corrected chi connectivity index (χ0v) is 14.4. The number of halogens is 1. The number of carbonyl (C=O) groups excluding carboxylic acids is 1. The Kier molecular flexibility index (Phi) is 4.78. The number of anilines is 1. The first-order valence-corrected chi connectivity index (χ1v) is 9.74. The Hall–Kier alpha value is -1.67. The number of nitrogens with one attached hydrogen (secondary N) is 2. The highest BCUT2D eigenvalue weighted by Crippen LogP contribution is 2.26. The van der Waals surface area contributed by atoms with Crippen LogP contribution < -0.4 is 14.9 Å². The predicted octanol–water partition coefficient (Wildman–Crippen LogP) is 0.965. The van der Waals surface area contributed by atoms with Crippen LogP contribution in [0.2, 0.25) is 0 Å². The minimum absolute atomic E-state index is 0.0433. The van der Waals surface area contributed by atoms with Crippen molar-refractivity contribution in [1.82, 2.24) is 10.6 Å². The fourth-order valence-electron chi connectivity index (χ4n) is 3.22. The van der Waals surface area contributed by atoms with Gasteiger partial charge in [-0.05, 0) is 43.5 Å². The molecule has 0 aliphatic carbocycles. The van der Waals surface area contributed by atoms with Crippen molar-refractivity contribution < 1.29 is 17.6 Å². The van der Waals surface area contributed by atoms with Gasteiger partial charge in [0.05, 0.1) is 11.4 Å². The molecular weight excluding hydrogens is 333 g/mol. The Morgan fingerprint density at radius 3 is 2.83 bits per heavy atom. The van der Waals surface area contributed by atoms with E-state index in [0.29, 0.717) is 43.7 Å². The third-order valence-corrected chi connectivity index (χ3v) is 6.39. The highest BCUT2D eigenvalue weighted by atomic mass is 32.2. The van der Waals surface area contributed by atoms with Crippen LogP contribution in [0, 0.1) is 6.92 Å². The number of aryl methyl sites for hydroxylation is 1. The first-order valence-electron chi connectivity index (χ1n) is 8.13. The average Bonchev–Trinajstić information content (AvgIpc) is 3.09. The van der Waals surface area contributed by atoms with Crippen LogP contribution in [0.5, 0.6) is 0 Å². The van der Waals surface area contributed by atoms with Crippen LogP contribution in [0.1, 0.15) is 28.8 Å². The largest absolute Gasteiger partial charge is 0.350 e. The Balaban J connectivity index is 1.67. The maximum absolute atomic E-state index is 13.1. The number of alkyl halides is 1.